The Kier molecular flexibility index (Phi) is 4.16. The molecule has 1 saturated heterocycles. The fourth-order valence-corrected chi connectivity index (χ4v) is 3.24. The zero-order valence-electron chi connectivity index (χ0n) is 10.7. The fourth-order valence-electron chi connectivity index (χ4n) is 2.18. The summed E-state index contributed by atoms with van der Waals surface area (Å²) in [5, 5.41) is -0.781. The summed E-state index contributed by atoms with van der Waals surface area (Å²) in [4.78, 5) is 13.3. The van der Waals surface area contributed by atoms with E-state index in [2.05, 4.69) is 6.92 Å². The molecular weight excluding hydrogens is 286 g/mol. The zero-order valence-corrected chi connectivity index (χ0v) is 12.2. The Bertz CT molecular complexity index is 568. The van der Waals surface area contributed by atoms with Crippen LogP contribution in [-0.2, 0) is 26.8 Å². The molecule has 1 aromatic carbocycles. The maximum atomic E-state index is 11.8. The molecule has 0 aliphatic carbocycles. The number of halogens is 1. The van der Waals surface area contributed by atoms with E-state index in [1.807, 2.05) is 24.3 Å². The van der Waals surface area contributed by atoms with Gasteiger partial charge in [0, 0.05) is 30.2 Å². The summed E-state index contributed by atoms with van der Waals surface area (Å²) in [6.45, 7) is 2.70. The predicted molar refractivity (Wildman–Crippen MR) is 74.4 cm³/mol. The van der Waals surface area contributed by atoms with Crippen molar-refractivity contribution in [2.45, 2.75) is 31.6 Å². The van der Waals surface area contributed by atoms with E-state index >= 15 is 0 Å². The average molecular weight is 302 g/mol. The first-order valence-corrected chi connectivity index (χ1v) is 8.56. The highest BCUT2D eigenvalue weighted by atomic mass is 35.7. The van der Waals surface area contributed by atoms with E-state index in [0.717, 1.165) is 12.0 Å². The second-order valence-electron chi connectivity index (χ2n) is 4.75. The number of benzene rings is 1. The van der Waals surface area contributed by atoms with E-state index in [1.54, 1.807) is 4.90 Å². The number of aryl methyl sites for hydroxylation is 1. The van der Waals surface area contributed by atoms with Crippen LogP contribution in [0.2, 0.25) is 0 Å². The average Bonchev–Trinajstić information content (AvgIpc) is 2.72. The van der Waals surface area contributed by atoms with Crippen molar-refractivity contribution in [2.24, 2.45) is 0 Å². The summed E-state index contributed by atoms with van der Waals surface area (Å²) in [5.41, 5.74) is 2.23. The molecule has 0 saturated carbocycles. The van der Waals surface area contributed by atoms with Crippen molar-refractivity contribution in [1.29, 1.82) is 0 Å². The van der Waals surface area contributed by atoms with Crippen LogP contribution in [0, 0.1) is 0 Å². The Labute approximate surface area is 117 Å². The van der Waals surface area contributed by atoms with Crippen LogP contribution >= 0.6 is 10.7 Å². The molecule has 0 N–H and O–H groups in total. The van der Waals surface area contributed by atoms with E-state index in [-0.39, 0.29) is 18.9 Å². The minimum absolute atomic E-state index is 0.0150. The largest absolute Gasteiger partial charge is 0.337 e. The van der Waals surface area contributed by atoms with E-state index in [0.29, 0.717) is 6.54 Å². The number of likely N-dealkylation sites (tertiary alicyclic amines) is 1. The van der Waals surface area contributed by atoms with Crippen molar-refractivity contribution in [2.75, 3.05) is 6.54 Å². The highest BCUT2D eigenvalue weighted by Gasteiger charge is 2.37. The Morgan fingerprint density at radius 3 is 2.32 bits per heavy atom. The Morgan fingerprint density at radius 1 is 1.26 bits per heavy atom. The molecule has 19 heavy (non-hydrogen) atoms. The molecule has 1 atom stereocenters. The van der Waals surface area contributed by atoms with Gasteiger partial charge in [0.1, 0.15) is 5.25 Å². The maximum absolute atomic E-state index is 11.8. The molecule has 0 radical (unpaired) electrons. The molecule has 104 valence electrons. The standard InChI is InChI=1S/C13H16ClNO3S/c1-2-10-3-5-11(6-4-10)8-15-9-12(7-13(15)16)19(14,17)18/h3-6,12H,2,7-9H2,1H3. The van der Waals surface area contributed by atoms with Gasteiger partial charge in [-0.1, -0.05) is 31.2 Å². The number of carbonyl (C=O) groups is 1. The number of amides is 1. The van der Waals surface area contributed by atoms with Crippen LogP contribution in [0.4, 0.5) is 0 Å². The van der Waals surface area contributed by atoms with Crippen LogP contribution in [0.25, 0.3) is 0 Å². The molecule has 1 unspecified atom stereocenters. The van der Waals surface area contributed by atoms with E-state index < -0.39 is 14.3 Å². The summed E-state index contributed by atoms with van der Waals surface area (Å²) in [6, 6.07) is 7.97. The van der Waals surface area contributed by atoms with Gasteiger partial charge in [-0.25, -0.2) is 8.42 Å². The lowest BCUT2D eigenvalue weighted by Gasteiger charge is -2.16. The van der Waals surface area contributed by atoms with Crippen LogP contribution in [0.1, 0.15) is 24.5 Å². The number of rotatable bonds is 4. The van der Waals surface area contributed by atoms with E-state index in [1.165, 1.54) is 5.56 Å². The van der Waals surface area contributed by atoms with Crippen molar-refractivity contribution < 1.29 is 13.2 Å². The van der Waals surface area contributed by atoms with Gasteiger partial charge >= 0.3 is 0 Å². The first kappa shape index (κ1) is 14.3. The molecule has 0 bridgehead atoms. The van der Waals surface area contributed by atoms with Crippen molar-refractivity contribution in [3.05, 3.63) is 35.4 Å². The number of hydrogen-bond acceptors (Lipinski definition) is 3. The van der Waals surface area contributed by atoms with Gasteiger partial charge in [0.15, 0.2) is 0 Å². The third-order valence-electron chi connectivity index (χ3n) is 3.38. The first-order chi connectivity index (χ1) is 8.90. The highest BCUT2D eigenvalue weighted by Crippen LogP contribution is 2.23. The topological polar surface area (TPSA) is 54.5 Å². The molecular formula is C13H16ClNO3S. The van der Waals surface area contributed by atoms with Crippen LogP contribution in [0.15, 0.2) is 24.3 Å². The maximum Gasteiger partial charge on any atom is 0.237 e. The van der Waals surface area contributed by atoms with Crippen LogP contribution < -0.4 is 0 Å². The van der Waals surface area contributed by atoms with Crippen LogP contribution in [-0.4, -0.2) is 31.0 Å². The summed E-state index contributed by atoms with van der Waals surface area (Å²) in [7, 11) is 1.64. The molecule has 0 spiro atoms. The fraction of sp³-hybridized carbons (Fsp3) is 0.462. The van der Waals surface area contributed by atoms with Gasteiger partial charge in [-0.05, 0) is 17.5 Å². The van der Waals surface area contributed by atoms with Crippen molar-refractivity contribution in [3.8, 4) is 0 Å². The molecule has 1 heterocycles. The SMILES string of the molecule is CCc1ccc(CN2CC(S(=O)(=O)Cl)CC2=O)cc1. The lowest BCUT2D eigenvalue weighted by molar-refractivity contribution is -0.128. The summed E-state index contributed by atoms with van der Waals surface area (Å²) in [6.07, 6.45) is 0.953. The van der Waals surface area contributed by atoms with Gasteiger partial charge in [0.2, 0.25) is 15.0 Å². The van der Waals surface area contributed by atoms with Gasteiger partial charge in [0.25, 0.3) is 0 Å². The monoisotopic (exact) mass is 301 g/mol. The third kappa shape index (κ3) is 3.48. The second kappa shape index (κ2) is 5.51. The minimum atomic E-state index is -3.66. The lowest BCUT2D eigenvalue weighted by atomic mass is 10.1. The number of nitrogens with zero attached hydrogens (tertiary/aromatic N) is 1. The molecule has 4 nitrogen and oxygen atoms in total. The molecule has 1 amide bonds. The third-order valence-corrected chi connectivity index (χ3v) is 5.25. The summed E-state index contributed by atoms with van der Waals surface area (Å²) < 4.78 is 22.5. The second-order valence-corrected chi connectivity index (χ2v) is 7.65. The van der Waals surface area contributed by atoms with Crippen molar-refractivity contribution in [1.82, 2.24) is 4.90 Å². The molecule has 1 aliphatic heterocycles. The van der Waals surface area contributed by atoms with Crippen molar-refractivity contribution >= 4 is 25.6 Å². The summed E-state index contributed by atoms with van der Waals surface area (Å²) in [5.74, 6) is -0.159. The van der Waals surface area contributed by atoms with Gasteiger partial charge < -0.3 is 4.90 Å². The van der Waals surface area contributed by atoms with E-state index in [4.69, 9.17) is 10.7 Å². The minimum Gasteiger partial charge on any atom is -0.337 e. The van der Waals surface area contributed by atoms with Crippen molar-refractivity contribution in [3.63, 3.8) is 0 Å². The highest BCUT2D eigenvalue weighted by molar-refractivity contribution is 8.14. The van der Waals surface area contributed by atoms with Gasteiger partial charge in [-0.15, -0.1) is 0 Å². The normalized spacial score (nSPS) is 20.0. The zero-order chi connectivity index (χ0) is 14.0. The Balaban J connectivity index is 2.05. The van der Waals surface area contributed by atoms with Crippen LogP contribution in [0.3, 0.4) is 0 Å². The smallest absolute Gasteiger partial charge is 0.237 e. The van der Waals surface area contributed by atoms with Crippen LogP contribution in [0.5, 0.6) is 0 Å². The molecule has 1 aromatic rings. The quantitative estimate of drug-likeness (QED) is 0.798. The van der Waals surface area contributed by atoms with Gasteiger partial charge in [-0.3, -0.25) is 4.79 Å². The lowest BCUT2D eigenvalue weighted by Crippen LogP contribution is -2.26. The molecule has 6 heteroatoms. The molecule has 1 fully saturated rings. The molecule has 1 aliphatic rings. The number of hydrogen-bond donors (Lipinski definition) is 0. The predicted octanol–water partition coefficient (Wildman–Crippen LogP) is 1.92. The van der Waals surface area contributed by atoms with Gasteiger partial charge in [0.05, 0.1) is 0 Å². The Morgan fingerprint density at radius 2 is 1.84 bits per heavy atom. The number of carbonyl (C=O) groups excluding carboxylic acids is 1. The summed E-state index contributed by atoms with van der Waals surface area (Å²) >= 11 is 0. The molecule has 0 aromatic heterocycles. The Hall–Kier alpha value is -1.07. The van der Waals surface area contributed by atoms with Gasteiger partial charge in [-0.2, -0.15) is 0 Å². The van der Waals surface area contributed by atoms with E-state index in [9.17, 15) is 13.2 Å². The first-order valence-electron chi connectivity index (χ1n) is 6.19. The molecule has 2 rings (SSSR count).